The molecule has 0 bridgehead atoms. The number of hydrogen-bond donors (Lipinski definition) is 0. The number of rotatable bonds is 2. The second-order valence-electron chi connectivity index (χ2n) is 6.05. The maximum Gasteiger partial charge on any atom is 0.274 e. The first-order valence-electron chi connectivity index (χ1n) is 8.24. The normalized spacial score (nSPS) is 13.4. The zero-order valence-corrected chi connectivity index (χ0v) is 13.6. The highest BCUT2D eigenvalue weighted by molar-refractivity contribution is 5.92. The minimum Gasteiger partial charge on any atom is -0.333 e. The summed E-state index contributed by atoms with van der Waals surface area (Å²) in [7, 11) is 0. The predicted octanol–water partition coefficient (Wildman–Crippen LogP) is 2.43. The van der Waals surface area contributed by atoms with Gasteiger partial charge in [-0.2, -0.15) is 9.78 Å². The van der Waals surface area contributed by atoms with Gasteiger partial charge in [-0.25, -0.2) is 0 Å². The number of para-hydroxylation sites is 1. The van der Waals surface area contributed by atoms with Crippen LogP contribution in [0, 0.1) is 0 Å². The van der Waals surface area contributed by atoms with Crippen LogP contribution in [0.5, 0.6) is 0 Å². The summed E-state index contributed by atoms with van der Waals surface area (Å²) in [5.74, 6) is -0.154. The number of benzene rings is 2. The van der Waals surface area contributed by atoms with E-state index in [0.717, 1.165) is 6.42 Å². The number of amides is 1. The SMILES string of the molecule is O=C(c1ccc(=O)n(-c2ccccc2)n1)N1CCc2ccccc2C1. The molecule has 0 saturated carbocycles. The van der Waals surface area contributed by atoms with Crippen LogP contribution in [0.1, 0.15) is 21.6 Å². The molecule has 1 amide bonds. The fourth-order valence-corrected chi connectivity index (χ4v) is 3.11. The van der Waals surface area contributed by atoms with E-state index in [1.54, 1.807) is 17.0 Å². The molecule has 2 aromatic carbocycles. The van der Waals surface area contributed by atoms with Crippen molar-refractivity contribution < 1.29 is 4.79 Å². The monoisotopic (exact) mass is 331 g/mol. The lowest BCUT2D eigenvalue weighted by Crippen LogP contribution is -2.37. The standard InChI is InChI=1S/C20H17N3O2/c24-19-11-10-18(21-23(19)17-8-2-1-3-9-17)20(25)22-13-12-15-6-4-5-7-16(15)14-22/h1-11H,12-14H2. The molecule has 25 heavy (non-hydrogen) atoms. The Morgan fingerprint density at radius 1 is 0.880 bits per heavy atom. The molecule has 124 valence electrons. The average Bonchev–Trinajstić information content (AvgIpc) is 2.68. The highest BCUT2D eigenvalue weighted by Crippen LogP contribution is 2.19. The summed E-state index contributed by atoms with van der Waals surface area (Å²) in [6.07, 6.45) is 0.834. The van der Waals surface area contributed by atoms with Crippen molar-refractivity contribution in [3.63, 3.8) is 0 Å². The molecule has 2 heterocycles. The van der Waals surface area contributed by atoms with E-state index >= 15 is 0 Å². The fourth-order valence-electron chi connectivity index (χ4n) is 3.11. The van der Waals surface area contributed by atoms with Crippen molar-refractivity contribution in [1.29, 1.82) is 0 Å². The summed E-state index contributed by atoms with van der Waals surface area (Å²) in [4.78, 5) is 26.7. The topological polar surface area (TPSA) is 55.2 Å². The van der Waals surface area contributed by atoms with Gasteiger partial charge < -0.3 is 4.90 Å². The van der Waals surface area contributed by atoms with Gasteiger partial charge in [-0.05, 0) is 35.7 Å². The summed E-state index contributed by atoms with van der Waals surface area (Å²) in [5.41, 5.74) is 3.12. The molecule has 0 radical (unpaired) electrons. The van der Waals surface area contributed by atoms with Crippen molar-refractivity contribution in [2.75, 3.05) is 6.54 Å². The minimum atomic E-state index is -0.258. The van der Waals surface area contributed by atoms with Crippen LogP contribution in [-0.2, 0) is 13.0 Å². The van der Waals surface area contributed by atoms with Crippen LogP contribution in [0.3, 0.4) is 0 Å². The van der Waals surface area contributed by atoms with Gasteiger partial charge >= 0.3 is 0 Å². The van der Waals surface area contributed by atoms with E-state index in [0.29, 0.717) is 18.8 Å². The molecule has 1 aromatic heterocycles. The van der Waals surface area contributed by atoms with Crippen LogP contribution < -0.4 is 5.56 Å². The van der Waals surface area contributed by atoms with Crippen molar-refractivity contribution in [2.45, 2.75) is 13.0 Å². The third-order valence-corrected chi connectivity index (χ3v) is 4.44. The van der Waals surface area contributed by atoms with E-state index in [2.05, 4.69) is 11.2 Å². The maximum absolute atomic E-state index is 12.9. The van der Waals surface area contributed by atoms with Gasteiger partial charge in [0.1, 0.15) is 5.69 Å². The lowest BCUT2D eigenvalue weighted by atomic mass is 10.00. The predicted molar refractivity (Wildman–Crippen MR) is 94.7 cm³/mol. The summed E-state index contributed by atoms with van der Waals surface area (Å²) in [6, 6.07) is 20.2. The quantitative estimate of drug-likeness (QED) is 0.725. The van der Waals surface area contributed by atoms with Crippen LogP contribution in [-0.4, -0.2) is 27.1 Å². The van der Waals surface area contributed by atoms with Crippen molar-refractivity contribution in [1.82, 2.24) is 14.7 Å². The van der Waals surface area contributed by atoms with Gasteiger partial charge in [-0.15, -0.1) is 0 Å². The molecule has 3 aromatic rings. The van der Waals surface area contributed by atoms with Crippen molar-refractivity contribution in [3.8, 4) is 5.69 Å². The molecule has 0 saturated heterocycles. The molecule has 0 aliphatic carbocycles. The van der Waals surface area contributed by atoms with E-state index < -0.39 is 0 Å². The second kappa shape index (κ2) is 6.36. The van der Waals surface area contributed by atoms with E-state index in [1.807, 2.05) is 36.4 Å². The van der Waals surface area contributed by atoms with E-state index in [1.165, 1.54) is 27.9 Å². The van der Waals surface area contributed by atoms with Crippen LogP contribution in [0.15, 0.2) is 71.5 Å². The molecule has 0 unspecified atom stereocenters. The van der Waals surface area contributed by atoms with E-state index in [-0.39, 0.29) is 17.2 Å². The molecule has 0 N–H and O–H groups in total. The molecule has 0 spiro atoms. The van der Waals surface area contributed by atoms with Crippen LogP contribution in [0.25, 0.3) is 5.69 Å². The molecular weight excluding hydrogens is 314 g/mol. The molecule has 4 rings (SSSR count). The zero-order chi connectivity index (χ0) is 17.2. The van der Waals surface area contributed by atoms with Gasteiger partial charge in [0, 0.05) is 19.2 Å². The minimum absolute atomic E-state index is 0.154. The molecule has 0 fully saturated rings. The molecular formula is C20H17N3O2. The summed E-state index contributed by atoms with van der Waals surface area (Å²) < 4.78 is 1.27. The third-order valence-electron chi connectivity index (χ3n) is 4.44. The highest BCUT2D eigenvalue weighted by atomic mass is 16.2. The second-order valence-corrected chi connectivity index (χ2v) is 6.05. The summed E-state index contributed by atoms with van der Waals surface area (Å²) in [5, 5.41) is 4.29. The van der Waals surface area contributed by atoms with Gasteiger partial charge in [0.25, 0.3) is 11.5 Å². The van der Waals surface area contributed by atoms with Gasteiger partial charge in [0.15, 0.2) is 0 Å². The number of hydrogen-bond acceptors (Lipinski definition) is 3. The Bertz CT molecular complexity index is 979. The molecule has 1 aliphatic heterocycles. The first kappa shape index (κ1) is 15.3. The third kappa shape index (κ3) is 2.96. The summed E-state index contributed by atoms with van der Waals surface area (Å²) in [6.45, 7) is 1.23. The molecule has 1 aliphatic rings. The Labute approximate surface area is 145 Å². The van der Waals surface area contributed by atoms with Crippen LogP contribution in [0.2, 0.25) is 0 Å². The van der Waals surface area contributed by atoms with E-state index in [4.69, 9.17) is 0 Å². The Morgan fingerprint density at radius 3 is 2.40 bits per heavy atom. The lowest BCUT2D eigenvalue weighted by molar-refractivity contribution is 0.0726. The maximum atomic E-state index is 12.9. The molecule has 5 heteroatoms. The zero-order valence-electron chi connectivity index (χ0n) is 13.6. The molecule has 5 nitrogen and oxygen atoms in total. The lowest BCUT2D eigenvalue weighted by Gasteiger charge is -2.28. The van der Waals surface area contributed by atoms with Gasteiger partial charge in [0.05, 0.1) is 5.69 Å². The van der Waals surface area contributed by atoms with Gasteiger partial charge in [0.2, 0.25) is 0 Å². The van der Waals surface area contributed by atoms with Gasteiger partial charge in [-0.1, -0.05) is 42.5 Å². The largest absolute Gasteiger partial charge is 0.333 e. The number of nitrogens with zero attached hydrogens (tertiary/aromatic N) is 3. The first-order valence-corrected chi connectivity index (χ1v) is 8.24. The molecule has 0 atom stereocenters. The summed E-state index contributed by atoms with van der Waals surface area (Å²) >= 11 is 0. The van der Waals surface area contributed by atoms with Gasteiger partial charge in [-0.3, -0.25) is 9.59 Å². The number of aromatic nitrogens is 2. The first-order chi connectivity index (χ1) is 12.2. The van der Waals surface area contributed by atoms with Crippen LogP contribution in [0.4, 0.5) is 0 Å². The Balaban J connectivity index is 1.65. The van der Waals surface area contributed by atoms with E-state index in [9.17, 15) is 9.59 Å². The number of fused-ring (bicyclic) bond motifs is 1. The Kier molecular flexibility index (Phi) is 3.90. The van der Waals surface area contributed by atoms with Crippen molar-refractivity contribution >= 4 is 5.91 Å². The smallest absolute Gasteiger partial charge is 0.274 e. The Hall–Kier alpha value is -3.21. The highest BCUT2D eigenvalue weighted by Gasteiger charge is 2.23. The van der Waals surface area contributed by atoms with Crippen molar-refractivity contribution in [3.05, 3.63) is 93.9 Å². The fraction of sp³-hybridized carbons (Fsp3) is 0.150. The van der Waals surface area contributed by atoms with Crippen molar-refractivity contribution in [2.24, 2.45) is 0 Å². The van der Waals surface area contributed by atoms with Crippen LogP contribution >= 0.6 is 0 Å². The number of carbonyl (C=O) groups is 1. The Morgan fingerprint density at radius 2 is 1.60 bits per heavy atom. The average molecular weight is 331 g/mol. The number of carbonyl (C=O) groups excluding carboxylic acids is 1.